The molecule has 0 bridgehead atoms. The molecular weight excluding hydrogens is 404 g/mol. The normalized spacial score (nSPS) is 12.2. The summed E-state index contributed by atoms with van der Waals surface area (Å²) < 4.78 is 5.28. The third-order valence-electron chi connectivity index (χ3n) is 5.56. The number of carbonyl (C=O) groups is 1. The van der Waals surface area contributed by atoms with Crippen molar-refractivity contribution in [1.82, 2.24) is 25.4 Å². The fourth-order valence-electron chi connectivity index (χ4n) is 3.91. The molecule has 0 aliphatic carbocycles. The predicted octanol–water partition coefficient (Wildman–Crippen LogP) is 3.90. The number of anilines is 1. The lowest BCUT2D eigenvalue weighted by molar-refractivity contribution is 0.0933. The number of nitrogens with zero attached hydrogens (tertiary/aromatic N) is 4. The van der Waals surface area contributed by atoms with E-state index in [0.29, 0.717) is 35.7 Å². The van der Waals surface area contributed by atoms with Crippen LogP contribution < -0.4 is 10.2 Å². The van der Waals surface area contributed by atoms with Crippen molar-refractivity contribution in [2.24, 2.45) is 0 Å². The first-order valence-corrected chi connectivity index (χ1v) is 10.7. The number of rotatable bonds is 7. The topological polar surface area (TPSA) is 99.9 Å². The maximum absolute atomic E-state index is 13.3. The lowest BCUT2D eigenvalue weighted by Gasteiger charge is -2.21. The molecule has 4 aromatic rings. The number of H-pyrrole nitrogens is 1. The summed E-state index contributed by atoms with van der Waals surface area (Å²) in [5.74, 6) is 1.74. The Morgan fingerprint density at radius 1 is 1.22 bits per heavy atom. The summed E-state index contributed by atoms with van der Waals surface area (Å²) >= 11 is 0. The third kappa shape index (κ3) is 4.21. The maximum Gasteiger partial charge on any atom is 0.257 e. The first-order chi connectivity index (χ1) is 15.4. The third-order valence-corrected chi connectivity index (χ3v) is 5.56. The number of hydrogen-bond acceptors (Lipinski definition) is 6. The molecular formula is C24H28N6O2. The van der Waals surface area contributed by atoms with Crippen LogP contribution in [0.15, 0.2) is 41.1 Å². The molecule has 1 amide bonds. The van der Waals surface area contributed by atoms with Crippen molar-refractivity contribution in [3.05, 3.63) is 70.6 Å². The van der Waals surface area contributed by atoms with Gasteiger partial charge in [-0.2, -0.15) is 0 Å². The van der Waals surface area contributed by atoms with Crippen LogP contribution in [0.2, 0.25) is 0 Å². The maximum atomic E-state index is 13.3. The van der Waals surface area contributed by atoms with Crippen molar-refractivity contribution >= 4 is 22.6 Å². The molecule has 0 radical (unpaired) electrons. The van der Waals surface area contributed by atoms with Crippen LogP contribution in [0.3, 0.4) is 0 Å². The molecule has 1 aromatic carbocycles. The minimum atomic E-state index is -0.360. The zero-order chi connectivity index (χ0) is 22.8. The summed E-state index contributed by atoms with van der Waals surface area (Å²) in [6.07, 6.45) is 3.18. The van der Waals surface area contributed by atoms with Gasteiger partial charge in [0.05, 0.1) is 17.4 Å². The molecule has 0 aliphatic heterocycles. The van der Waals surface area contributed by atoms with Crippen molar-refractivity contribution in [2.45, 2.75) is 39.7 Å². The van der Waals surface area contributed by atoms with Crippen molar-refractivity contribution < 1.29 is 9.32 Å². The Balaban J connectivity index is 1.74. The molecule has 8 nitrogen and oxygen atoms in total. The van der Waals surface area contributed by atoms with Gasteiger partial charge in [0, 0.05) is 43.7 Å². The minimum Gasteiger partial charge on any atom is -0.363 e. The van der Waals surface area contributed by atoms with Crippen LogP contribution in [0.5, 0.6) is 0 Å². The highest BCUT2D eigenvalue weighted by Crippen LogP contribution is 2.26. The molecule has 0 spiro atoms. The predicted molar refractivity (Wildman–Crippen MR) is 124 cm³/mol. The standard InChI is InChI=1S/C24H28N6O2/c1-6-18-23(14(2)32-29-18)24(31)28-20(21-12-22(30(4)5)27-15(3)26-21)11-16-13-25-19-10-8-7-9-17(16)19/h7-10,12-13,20,25H,6,11H2,1-5H3,(H,28,31)/t20-/m1/s1. The second kappa shape index (κ2) is 8.82. The van der Waals surface area contributed by atoms with E-state index in [0.717, 1.165) is 28.0 Å². The van der Waals surface area contributed by atoms with Crippen LogP contribution in [-0.4, -0.2) is 40.1 Å². The van der Waals surface area contributed by atoms with Gasteiger partial charge >= 0.3 is 0 Å². The van der Waals surface area contributed by atoms with Crippen molar-refractivity contribution in [3.63, 3.8) is 0 Å². The molecule has 0 aliphatic rings. The highest BCUT2D eigenvalue weighted by Gasteiger charge is 2.25. The van der Waals surface area contributed by atoms with Crippen LogP contribution in [0, 0.1) is 13.8 Å². The Bertz CT molecular complexity index is 1260. The summed E-state index contributed by atoms with van der Waals surface area (Å²) in [7, 11) is 3.87. The fourth-order valence-corrected chi connectivity index (χ4v) is 3.91. The molecule has 3 aromatic heterocycles. The highest BCUT2D eigenvalue weighted by molar-refractivity contribution is 5.96. The van der Waals surface area contributed by atoms with Crippen LogP contribution >= 0.6 is 0 Å². The van der Waals surface area contributed by atoms with E-state index in [2.05, 4.69) is 31.5 Å². The molecule has 0 unspecified atom stereocenters. The van der Waals surface area contributed by atoms with Gasteiger partial charge in [-0.25, -0.2) is 9.97 Å². The smallest absolute Gasteiger partial charge is 0.257 e. The summed E-state index contributed by atoms with van der Waals surface area (Å²) in [4.78, 5) is 27.7. The zero-order valence-electron chi connectivity index (χ0n) is 19.1. The van der Waals surface area contributed by atoms with Gasteiger partial charge in [0.15, 0.2) is 0 Å². The number of hydrogen-bond donors (Lipinski definition) is 2. The molecule has 2 N–H and O–H groups in total. The number of amides is 1. The largest absolute Gasteiger partial charge is 0.363 e. The number of aromatic nitrogens is 4. The fraction of sp³-hybridized carbons (Fsp3) is 0.333. The van der Waals surface area contributed by atoms with E-state index >= 15 is 0 Å². The first kappa shape index (κ1) is 21.5. The average molecular weight is 433 g/mol. The molecule has 0 saturated heterocycles. The Kier molecular flexibility index (Phi) is 5.94. The molecule has 0 fully saturated rings. The number of para-hydroxylation sites is 1. The van der Waals surface area contributed by atoms with Gasteiger partial charge in [-0.15, -0.1) is 0 Å². The zero-order valence-corrected chi connectivity index (χ0v) is 19.1. The SMILES string of the molecule is CCc1noc(C)c1C(=O)N[C@H](Cc1c[nH]c2ccccc12)c1cc(N(C)C)nc(C)n1. The van der Waals surface area contributed by atoms with Gasteiger partial charge in [0.2, 0.25) is 0 Å². The van der Waals surface area contributed by atoms with E-state index in [-0.39, 0.29) is 11.9 Å². The molecule has 8 heteroatoms. The van der Waals surface area contributed by atoms with E-state index in [1.165, 1.54) is 0 Å². The lowest BCUT2D eigenvalue weighted by atomic mass is 10.0. The molecule has 3 heterocycles. The van der Waals surface area contributed by atoms with Crippen molar-refractivity contribution in [2.75, 3.05) is 19.0 Å². The molecule has 4 rings (SSSR count). The van der Waals surface area contributed by atoms with Crippen LogP contribution in [-0.2, 0) is 12.8 Å². The second-order valence-corrected chi connectivity index (χ2v) is 8.10. The van der Waals surface area contributed by atoms with E-state index in [1.54, 1.807) is 6.92 Å². The number of aromatic amines is 1. The van der Waals surface area contributed by atoms with E-state index < -0.39 is 0 Å². The number of fused-ring (bicyclic) bond motifs is 1. The lowest BCUT2D eigenvalue weighted by Crippen LogP contribution is -2.32. The van der Waals surface area contributed by atoms with Crippen LogP contribution in [0.4, 0.5) is 5.82 Å². The molecule has 0 saturated carbocycles. The number of nitrogens with one attached hydrogen (secondary N) is 2. The van der Waals surface area contributed by atoms with Gasteiger partial charge in [0.25, 0.3) is 5.91 Å². The number of benzene rings is 1. The van der Waals surface area contributed by atoms with Crippen LogP contribution in [0.1, 0.15) is 51.9 Å². The minimum absolute atomic E-state index is 0.215. The Morgan fingerprint density at radius 2 is 2.00 bits per heavy atom. The van der Waals surface area contributed by atoms with E-state index in [9.17, 15) is 4.79 Å². The molecule has 32 heavy (non-hydrogen) atoms. The van der Waals surface area contributed by atoms with Gasteiger partial charge in [0.1, 0.15) is 23.0 Å². The highest BCUT2D eigenvalue weighted by atomic mass is 16.5. The van der Waals surface area contributed by atoms with Gasteiger partial charge < -0.3 is 19.7 Å². The Morgan fingerprint density at radius 3 is 2.75 bits per heavy atom. The quantitative estimate of drug-likeness (QED) is 0.459. The van der Waals surface area contributed by atoms with Crippen LogP contribution in [0.25, 0.3) is 10.9 Å². The second-order valence-electron chi connectivity index (χ2n) is 8.10. The molecule has 1 atom stereocenters. The summed E-state index contributed by atoms with van der Waals surface area (Å²) in [6, 6.07) is 9.70. The van der Waals surface area contributed by atoms with Gasteiger partial charge in [-0.05, 0) is 31.9 Å². The number of aryl methyl sites for hydroxylation is 3. The average Bonchev–Trinajstić information content (AvgIpc) is 3.36. The first-order valence-electron chi connectivity index (χ1n) is 10.7. The Labute approximate surface area is 187 Å². The van der Waals surface area contributed by atoms with E-state index in [1.807, 2.05) is 63.3 Å². The molecule has 166 valence electrons. The summed E-state index contributed by atoms with van der Waals surface area (Å²) in [6.45, 7) is 5.57. The van der Waals surface area contributed by atoms with Crippen molar-refractivity contribution in [3.8, 4) is 0 Å². The van der Waals surface area contributed by atoms with Gasteiger partial charge in [-0.3, -0.25) is 4.79 Å². The van der Waals surface area contributed by atoms with Gasteiger partial charge in [-0.1, -0.05) is 30.3 Å². The van der Waals surface area contributed by atoms with E-state index in [4.69, 9.17) is 4.52 Å². The number of carbonyl (C=O) groups excluding carboxylic acids is 1. The summed E-state index contributed by atoms with van der Waals surface area (Å²) in [5, 5.41) is 8.34. The Hall–Kier alpha value is -3.68. The van der Waals surface area contributed by atoms with Crippen molar-refractivity contribution in [1.29, 1.82) is 0 Å². The monoisotopic (exact) mass is 432 g/mol. The summed E-state index contributed by atoms with van der Waals surface area (Å²) in [5.41, 5.74) is 4.07.